The average Bonchev–Trinajstić information content (AvgIpc) is 2.63. The van der Waals surface area contributed by atoms with Crippen LogP contribution in [-0.4, -0.2) is 15.7 Å². The van der Waals surface area contributed by atoms with Crippen molar-refractivity contribution >= 4 is 16.7 Å². The fourth-order valence-electron chi connectivity index (χ4n) is 2.34. The van der Waals surface area contributed by atoms with Crippen LogP contribution in [0.2, 0.25) is 0 Å². The largest absolute Gasteiger partial charge is 0.456 e. The number of fused-ring (bicyclic) bond motifs is 1. The fraction of sp³-hybridized carbons (Fsp3) is 0.111. The Hall–Kier alpha value is -3.46. The third-order valence-corrected chi connectivity index (χ3v) is 3.60. The van der Waals surface area contributed by atoms with E-state index in [1.807, 2.05) is 6.07 Å². The molecular weight excluding hydrogens is 306 g/mol. The molecule has 0 aliphatic heterocycles. The lowest BCUT2D eigenvalue weighted by atomic mass is 10.1. The molecule has 118 valence electrons. The van der Waals surface area contributed by atoms with Crippen LogP contribution in [-0.2, 0) is 18.4 Å². The number of hydrogen-bond acceptors (Lipinski definition) is 5. The molecule has 24 heavy (non-hydrogen) atoms. The molecule has 0 amide bonds. The maximum absolute atomic E-state index is 12.4. The molecule has 0 N–H and O–H groups in total. The van der Waals surface area contributed by atoms with Gasteiger partial charge in [0.1, 0.15) is 6.61 Å². The molecule has 0 saturated heterocycles. The Morgan fingerprint density at radius 1 is 1.17 bits per heavy atom. The lowest BCUT2D eigenvalue weighted by Crippen LogP contribution is -2.23. The zero-order valence-electron chi connectivity index (χ0n) is 12.9. The highest BCUT2D eigenvalue weighted by Gasteiger charge is 2.16. The molecule has 0 bridgehead atoms. The van der Waals surface area contributed by atoms with Gasteiger partial charge in [-0.15, -0.1) is 0 Å². The van der Waals surface area contributed by atoms with E-state index < -0.39 is 5.97 Å². The number of rotatable bonds is 3. The third-order valence-electron chi connectivity index (χ3n) is 3.60. The maximum atomic E-state index is 12.4. The minimum absolute atomic E-state index is 0.0589. The molecule has 0 radical (unpaired) electrons. The van der Waals surface area contributed by atoms with E-state index in [0.717, 1.165) is 10.2 Å². The molecule has 3 aromatic rings. The third kappa shape index (κ3) is 2.88. The molecule has 0 spiro atoms. The lowest BCUT2D eigenvalue weighted by Gasteiger charge is -2.08. The number of carbonyl (C=O) groups excluding carboxylic acids is 1. The average molecular weight is 319 g/mol. The molecular formula is C18H13N3O3. The summed E-state index contributed by atoms with van der Waals surface area (Å²) in [4.78, 5) is 24.4. The van der Waals surface area contributed by atoms with E-state index in [4.69, 9.17) is 10.00 Å². The summed E-state index contributed by atoms with van der Waals surface area (Å²) in [6.07, 6.45) is 0. The molecule has 1 aromatic heterocycles. The van der Waals surface area contributed by atoms with Gasteiger partial charge in [0, 0.05) is 12.4 Å². The second kappa shape index (κ2) is 6.34. The molecule has 1 heterocycles. The van der Waals surface area contributed by atoms with Gasteiger partial charge in [-0.2, -0.15) is 10.4 Å². The van der Waals surface area contributed by atoms with Gasteiger partial charge in [-0.05, 0) is 23.8 Å². The van der Waals surface area contributed by atoms with Gasteiger partial charge in [-0.3, -0.25) is 4.79 Å². The van der Waals surface area contributed by atoms with Crippen LogP contribution in [0.3, 0.4) is 0 Å². The Morgan fingerprint density at radius 2 is 1.83 bits per heavy atom. The minimum Gasteiger partial charge on any atom is -0.456 e. The first kappa shape index (κ1) is 15.4. The number of ether oxygens (including phenoxy) is 1. The number of nitriles is 1. The first-order valence-corrected chi connectivity index (χ1v) is 7.22. The van der Waals surface area contributed by atoms with Crippen LogP contribution in [0.4, 0.5) is 0 Å². The summed E-state index contributed by atoms with van der Waals surface area (Å²) >= 11 is 0. The van der Waals surface area contributed by atoms with Gasteiger partial charge in [-0.1, -0.05) is 30.3 Å². The Bertz CT molecular complexity index is 1010. The smallest absolute Gasteiger partial charge is 0.359 e. The van der Waals surface area contributed by atoms with E-state index in [-0.39, 0.29) is 17.9 Å². The van der Waals surface area contributed by atoms with Crippen molar-refractivity contribution in [3.05, 3.63) is 75.7 Å². The van der Waals surface area contributed by atoms with Crippen LogP contribution in [0, 0.1) is 11.3 Å². The van der Waals surface area contributed by atoms with Crippen molar-refractivity contribution < 1.29 is 9.53 Å². The number of nitrogens with zero attached hydrogens (tertiary/aromatic N) is 3. The van der Waals surface area contributed by atoms with E-state index >= 15 is 0 Å². The van der Waals surface area contributed by atoms with Crippen LogP contribution in [0.25, 0.3) is 10.8 Å². The van der Waals surface area contributed by atoms with Gasteiger partial charge in [0.25, 0.3) is 5.56 Å². The SMILES string of the molecule is Cn1nc(C(=O)OCc2ccc(C#N)cc2)c2ccccc2c1=O. The number of hydrogen-bond donors (Lipinski definition) is 0. The fourth-order valence-corrected chi connectivity index (χ4v) is 2.34. The summed E-state index contributed by atoms with van der Waals surface area (Å²) in [7, 11) is 1.49. The zero-order valence-corrected chi connectivity index (χ0v) is 12.9. The summed E-state index contributed by atoms with van der Waals surface area (Å²) in [5.74, 6) is -0.605. The zero-order chi connectivity index (χ0) is 17.1. The molecule has 0 fully saturated rings. The Labute approximate surface area is 137 Å². The van der Waals surface area contributed by atoms with E-state index in [0.29, 0.717) is 16.3 Å². The Kier molecular flexibility index (Phi) is 4.08. The predicted molar refractivity (Wildman–Crippen MR) is 87.3 cm³/mol. The van der Waals surface area contributed by atoms with Crippen molar-refractivity contribution in [2.45, 2.75) is 6.61 Å². The molecule has 0 aliphatic carbocycles. The molecule has 0 unspecified atom stereocenters. The first-order chi connectivity index (χ1) is 11.6. The highest BCUT2D eigenvalue weighted by atomic mass is 16.5. The molecule has 0 saturated carbocycles. The molecule has 6 heteroatoms. The maximum Gasteiger partial charge on any atom is 0.359 e. The summed E-state index contributed by atoms with van der Waals surface area (Å²) in [6, 6.07) is 15.6. The standard InChI is InChI=1S/C18H13N3O3/c1-21-17(22)15-5-3-2-4-14(15)16(20-21)18(23)24-11-13-8-6-12(10-19)7-9-13/h2-9H,11H2,1H3. The number of aromatic nitrogens is 2. The molecule has 3 rings (SSSR count). The van der Waals surface area contributed by atoms with E-state index in [1.54, 1.807) is 48.5 Å². The lowest BCUT2D eigenvalue weighted by molar-refractivity contribution is 0.0465. The van der Waals surface area contributed by atoms with Crippen LogP contribution in [0.5, 0.6) is 0 Å². The number of aryl methyl sites for hydroxylation is 1. The second-order valence-electron chi connectivity index (χ2n) is 5.21. The van der Waals surface area contributed by atoms with E-state index in [1.165, 1.54) is 7.05 Å². The van der Waals surface area contributed by atoms with Gasteiger partial charge in [0.05, 0.1) is 17.0 Å². The van der Waals surface area contributed by atoms with Crippen LogP contribution < -0.4 is 5.56 Å². The number of carbonyl (C=O) groups is 1. The quantitative estimate of drug-likeness (QED) is 0.691. The van der Waals surface area contributed by atoms with E-state index in [2.05, 4.69) is 5.10 Å². The van der Waals surface area contributed by atoms with E-state index in [9.17, 15) is 9.59 Å². The van der Waals surface area contributed by atoms with Crippen molar-refractivity contribution in [2.75, 3.05) is 0 Å². The van der Waals surface area contributed by atoms with Gasteiger partial charge in [0.15, 0.2) is 5.69 Å². The predicted octanol–water partition coefficient (Wildman–Crippen LogP) is 2.16. The highest BCUT2D eigenvalue weighted by molar-refractivity contribution is 6.02. The minimum atomic E-state index is -0.605. The molecule has 6 nitrogen and oxygen atoms in total. The molecule has 0 atom stereocenters. The van der Waals surface area contributed by atoms with Crippen LogP contribution in [0.1, 0.15) is 21.6 Å². The molecule has 2 aromatic carbocycles. The summed E-state index contributed by atoms with van der Waals surface area (Å²) in [5.41, 5.74) is 1.13. The van der Waals surface area contributed by atoms with Crippen molar-refractivity contribution in [1.82, 2.24) is 9.78 Å². The normalized spacial score (nSPS) is 10.3. The summed E-state index contributed by atoms with van der Waals surface area (Å²) < 4.78 is 6.42. The topological polar surface area (TPSA) is 85.0 Å². The summed E-state index contributed by atoms with van der Waals surface area (Å²) in [5, 5.41) is 13.7. The highest BCUT2D eigenvalue weighted by Crippen LogP contribution is 2.15. The first-order valence-electron chi connectivity index (χ1n) is 7.22. The number of benzene rings is 2. The Balaban J connectivity index is 1.87. The van der Waals surface area contributed by atoms with Crippen molar-refractivity contribution in [3.8, 4) is 6.07 Å². The van der Waals surface area contributed by atoms with Crippen molar-refractivity contribution in [1.29, 1.82) is 5.26 Å². The monoisotopic (exact) mass is 319 g/mol. The number of esters is 1. The van der Waals surface area contributed by atoms with Gasteiger partial charge in [-0.25, -0.2) is 9.48 Å². The van der Waals surface area contributed by atoms with Gasteiger partial charge >= 0.3 is 5.97 Å². The van der Waals surface area contributed by atoms with Crippen molar-refractivity contribution in [3.63, 3.8) is 0 Å². The van der Waals surface area contributed by atoms with Crippen LogP contribution >= 0.6 is 0 Å². The summed E-state index contributed by atoms with van der Waals surface area (Å²) in [6.45, 7) is 0.0589. The molecule has 0 aliphatic rings. The second-order valence-corrected chi connectivity index (χ2v) is 5.21. The van der Waals surface area contributed by atoms with Crippen LogP contribution in [0.15, 0.2) is 53.3 Å². The van der Waals surface area contributed by atoms with Crippen molar-refractivity contribution in [2.24, 2.45) is 7.05 Å². The Morgan fingerprint density at radius 3 is 2.50 bits per heavy atom. The van der Waals surface area contributed by atoms with Gasteiger partial charge in [0.2, 0.25) is 0 Å². The van der Waals surface area contributed by atoms with Gasteiger partial charge < -0.3 is 4.74 Å².